The lowest BCUT2D eigenvalue weighted by atomic mass is 10.1. The summed E-state index contributed by atoms with van der Waals surface area (Å²) in [5.41, 5.74) is 1.000. The maximum Gasteiger partial charge on any atom is 0.151 e. The first kappa shape index (κ1) is 21.9. The van der Waals surface area contributed by atoms with Crippen LogP contribution in [-0.2, 0) is 16.4 Å². The predicted molar refractivity (Wildman–Crippen MR) is 113 cm³/mol. The molecule has 1 N–H and O–H groups in total. The molecule has 3 rings (SSSR count). The molecule has 0 spiro atoms. The van der Waals surface area contributed by atoms with E-state index in [1.165, 1.54) is 0 Å². The number of nitrogens with zero attached hydrogens (tertiary/aromatic N) is 1. The van der Waals surface area contributed by atoms with Crippen molar-refractivity contribution >= 4 is 21.4 Å². The van der Waals surface area contributed by atoms with Gasteiger partial charge in [-0.05, 0) is 48.4 Å². The summed E-state index contributed by atoms with van der Waals surface area (Å²) in [7, 11) is -1.42. The van der Waals surface area contributed by atoms with Gasteiger partial charge in [-0.3, -0.25) is 4.90 Å². The summed E-state index contributed by atoms with van der Waals surface area (Å²) in [6, 6.07) is 14.5. The van der Waals surface area contributed by atoms with Gasteiger partial charge in [0.1, 0.15) is 24.2 Å². The van der Waals surface area contributed by atoms with Crippen LogP contribution < -0.4 is 9.47 Å². The maximum atomic E-state index is 12.0. The summed E-state index contributed by atoms with van der Waals surface area (Å²) < 4.78 is 34.9. The number of hydrogen-bond acceptors (Lipinski definition) is 6. The van der Waals surface area contributed by atoms with Gasteiger partial charge in [0.2, 0.25) is 0 Å². The first-order chi connectivity index (χ1) is 13.8. The minimum absolute atomic E-state index is 0.107. The molecular weight excluding hydrogens is 414 g/mol. The summed E-state index contributed by atoms with van der Waals surface area (Å²) in [6.45, 7) is 0.941. The van der Waals surface area contributed by atoms with E-state index in [9.17, 15) is 13.5 Å². The largest absolute Gasteiger partial charge is 0.497 e. The van der Waals surface area contributed by atoms with Crippen molar-refractivity contribution in [2.75, 3.05) is 31.8 Å². The molecule has 29 heavy (non-hydrogen) atoms. The Morgan fingerprint density at radius 1 is 1.21 bits per heavy atom. The molecule has 2 aromatic rings. The van der Waals surface area contributed by atoms with E-state index in [0.717, 1.165) is 11.3 Å². The number of sulfone groups is 1. The number of aliphatic hydroxyl groups excluding tert-OH is 1. The highest BCUT2D eigenvalue weighted by Crippen LogP contribution is 2.22. The Morgan fingerprint density at radius 2 is 1.97 bits per heavy atom. The van der Waals surface area contributed by atoms with Gasteiger partial charge in [0.25, 0.3) is 0 Å². The SMILES string of the molecule is COc1cccc(CN(C[C@H](O)COc2ccc(Cl)cc2)[C@@H]2CCS(=O)(=O)C2)c1. The summed E-state index contributed by atoms with van der Waals surface area (Å²) in [4.78, 5) is 2.02. The Morgan fingerprint density at radius 3 is 2.62 bits per heavy atom. The van der Waals surface area contributed by atoms with Crippen LogP contribution in [0.25, 0.3) is 0 Å². The number of halogens is 1. The van der Waals surface area contributed by atoms with Crippen molar-refractivity contribution in [2.45, 2.75) is 25.1 Å². The second-order valence-corrected chi connectivity index (χ2v) is 9.92. The molecule has 0 amide bonds. The lowest BCUT2D eigenvalue weighted by Crippen LogP contribution is -2.42. The Balaban J connectivity index is 1.66. The van der Waals surface area contributed by atoms with E-state index in [1.54, 1.807) is 31.4 Å². The molecule has 1 saturated heterocycles. The van der Waals surface area contributed by atoms with Crippen molar-refractivity contribution in [3.8, 4) is 11.5 Å². The average Bonchev–Trinajstić information content (AvgIpc) is 3.07. The molecule has 6 nitrogen and oxygen atoms in total. The van der Waals surface area contributed by atoms with Crippen molar-refractivity contribution in [1.29, 1.82) is 0 Å². The van der Waals surface area contributed by atoms with Crippen LogP contribution >= 0.6 is 11.6 Å². The van der Waals surface area contributed by atoms with Crippen LogP contribution in [0.4, 0.5) is 0 Å². The summed E-state index contributed by atoms with van der Waals surface area (Å²) in [5.74, 6) is 1.66. The highest BCUT2D eigenvalue weighted by molar-refractivity contribution is 7.91. The van der Waals surface area contributed by atoms with Crippen LogP contribution in [-0.4, -0.2) is 62.3 Å². The molecule has 158 valence electrons. The highest BCUT2D eigenvalue weighted by Gasteiger charge is 2.33. The molecule has 0 aliphatic carbocycles. The molecule has 0 bridgehead atoms. The second kappa shape index (κ2) is 9.80. The molecule has 1 aliphatic heterocycles. The molecule has 0 unspecified atom stereocenters. The van der Waals surface area contributed by atoms with Gasteiger partial charge in [0.15, 0.2) is 9.84 Å². The van der Waals surface area contributed by atoms with E-state index in [-0.39, 0.29) is 24.2 Å². The van der Waals surface area contributed by atoms with Crippen molar-refractivity contribution in [2.24, 2.45) is 0 Å². The van der Waals surface area contributed by atoms with E-state index >= 15 is 0 Å². The third-order valence-electron chi connectivity index (χ3n) is 4.95. The maximum absolute atomic E-state index is 12.0. The van der Waals surface area contributed by atoms with E-state index in [4.69, 9.17) is 21.1 Å². The Bertz CT molecular complexity index is 904. The first-order valence-electron chi connectivity index (χ1n) is 9.48. The normalized spacial score (nSPS) is 19.2. The zero-order valence-corrected chi connectivity index (χ0v) is 17.9. The number of aliphatic hydroxyl groups is 1. The van der Waals surface area contributed by atoms with E-state index in [1.807, 2.05) is 29.2 Å². The van der Waals surface area contributed by atoms with Crippen LogP contribution in [0.3, 0.4) is 0 Å². The van der Waals surface area contributed by atoms with Crippen molar-refractivity contribution < 1.29 is 23.0 Å². The molecule has 1 aliphatic rings. The molecule has 0 aromatic heterocycles. The fourth-order valence-electron chi connectivity index (χ4n) is 3.46. The summed E-state index contributed by atoms with van der Waals surface area (Å²) >= 11 is 5.87. The third kappa shape index (κ3) is 6.60. The van der Waals surface area contributed by atoms with Gasteiger partial charge in [0, 0.05) is 24.2 Å². The lowest BCUT2D eigenvalue weighted by Gasteiger charge is -2.30. The van der Waals surface area contributed by atoms with E-state index in [0.29, 0.717) is 30.3 Å². The Labute approximate surface area is 176 Å². The van der Waals surface area contributed by atoms with Crippen molar-refractivity contribution in [3.05, 3.63) is 59.1 Å². The summed E-state index contributed by atoms with van der Waals surface area (Å²) in [6.07, 6.45) is -0.198. The van der Waals surface area contributed by atoms with E-state index < -0.39 is 15.9 Å². The highest BCUT2D eigenvalue weighted by atomic mass is 35.5. The van der Waals surface area contributed by atoms with Gasteiger partial charge in [0.05, 0.1) is 18.6 Å². The fraction of sp³-hybridized carbons (Fsp3) is 0.429. The van der Waals surface area contributed by atoms with Crippen LogP contribution in [0.1, 0.15) is 12.0 Å². The zero-order chi connectivity index (χ0) is 20.9. The number of rotatable bonds is 9. The third-order valence-corrected chi connectivity index (χ3v) is 6.95. The van der Waals surface area contributed by atoms with Gasteiger partial charge in [-0.1, -0.05) is 23.7 Å². The number of ether oxygens (including phenoxy) is 2. The van der Waals surface area contributed by atoms with Crippen LogP contribution in [0.15, 0.2) is 48.5 Å². The Kier molecular flexibility index (Phi) is 7.40. The first-order valence-corrected chi connectivity index (χ1v) is 11.7. The number of benzene rings is 2. The smallest absolute Gasteiger partial charge is 0.151 e. The second-order valence-electron chi connectivity index (χ2n) is 7.26. The monoisotopic (exact) mass is 439 g/mol. The molecule has 2 atom stereocenters. The predicted octanol–water partition coefficient (Wildman–Crippen LogP) is 2.78. The van der Waals surface area contributed by atoms with Gasteiger partial charge in [-0.15, -0.1) is 0 Å². The van der Waals surface area contributed by atoms with Gasteiger partial charge in [-0.25, -0.2) is 8.42 Å². The minimum atomic E-state index is -3.03. The minimum Gasteiger partial charge on any atom is -0.497 e. The summed E-state index contributed by atoms with van der Waals surface area (Å²) in [5, 5.41) is 11.2. The lowest BCUT2D eigenvalue weighted by molar-refractivity contribution is 0.0524. The molecule has 8 heteroatoms. The fourth-order valence-corrected chi connectivity index (χ4v) is 5.35. The standard InChI is InChI=1S/C21H26ClNO5S/c1-27-21-4-2-3-16(11-21)12-23(18-9-10-29(25,26)15-18)13-19(24)14-28-20-7-5-17(22)6-8-20/h2-8,11,18-19,24H,9-10,12-15H2,1H3/t18-,19+/m1/s1. The van der Waals surface area contributed by atoms with Crippen molar-refractivity contribution in [1.82, 2.24) is 4.90 Å². The molecule has 0 radical (unpaired) electrons. The van der Waals surface area contributed by atoms with Gasteiger partial charge >= 0.3 is 0 Å². The Hall–Kier alpha value is -1.80. The van der Waals surface area contributed by atoms with Gasteiger partial charge in [-0.2, -0.15) is 0 Å². The quantitative estimate of drug-likeness (QED) is 0.647. The number of hydrogen-bond donors (Lipinski definition) is 1. The van der Waals surface area contributed by atoms with Gasteiger partial charge < -0.3 is 14.6 Å². The van der Waals surface area contributed by atoms with Crippen LogP contribution in [0.5, 0.6) is 11.5 Å². The number of methoxy groups -OCH3 is 1. The molecule has 1 heterocycles. The molecule has 1 fully saturated rings. The molecular formula is C21H26ClNO5S. The van der Waals surface area contributed by atoms with E-state index in [2.05, 4.69) is 0 Å². The van der Waals surface area contributed by atoms with Crippen LogP contribution in [0.2, 0.25) is 5.02 Å². The zero-order valence-electron chi connectivity index (χ0n) is 16.3. The topological polar surface area (TPSA) is 76.1 Å². The molecule has 2 aromatic carbocycles. The van der Waals surface area contributed by atoms with Crippen LogP contribution in [0, 0.1) is 0 Å². The average molecular weight is 440 g/mol. The molecule has 0 saturated carbocycles. The van der Waals surface area contributed by atoms with Crippen molar-refractivity contribution in [3.63, 3.8) is 0 Å².